The molecule has 176 valence electrons. The highest BCUT2D eigenvalue weighted by Crippen LogP contribution is 2.27. The fraction of sp³-hybridized carbons (Fsp3) is 0.240. The van der Waals surface area contributed by atoms with Gasteiger partial charge in [-0.1, -0.05) is 35.9 Å². The standard InChI is InChI=1S/C25H24ClFN4O3/c1-13-5-6-16(11-18(13)26)19-12-31-21(24(33)28-19)14(2)20(30-31)23(32)29-22(25(3,4)34)15-7-9-17(27)10-8-15/h5-12,22,34H,1-4H3,(H,28,33)(H,29,32). The number of amides is 1. The molecule has 7 nitrogen and oxygen atoms in total. The van der Waals surface area contributed by atoms with Crippen molar-refractivity contribution in [2.75, 3.05) is 0 Å². The molecule has 1 unspecified atom stereocenters. The molecule has 4 aromatic rings. The molecule has 2 aromatic heterocycles. The summed E-state index contributed by atoms with van der Waals surface area (Å²) in [6, 6.07) is 10.1. The number of benzene rings is 2. The van der Waals surface area contributed by atoms with Crippen molar-refractivity contribution in [1.82, 2.24) is 19.9 Å². The number of aryl methyl sites for hydroxylation is 2. The number of fused-ring (bicyclic) bond motifs is 1. The van der Waals surface area contributed by atoms with Crippen molar-refractivity contribution in [2.45, 2.75) is 39.3 Å². The van der Waals surface area contributed by atoms with Crippen molar-refractivity contribution in [3.8, 4) is 11.3 Å². The quantitative estimate of drug-likeness (QED) is 0.394. The molecule has 0 saturated heterocycles. The molecule has 34 heavy (non-hydrogen) atoms. The highest BCUT2D eigenvalue weighted by atomic mass is 35.5. The van der Waals surface area contributed by atoms with E-state index in [-0.39, 0.29) is 11.2 Å². The molecule has 0 fully saturated rings. The van der Waals surface area contributed by atoms with Gasteiger partial charge in [-0.25, -0.2) is 8.91 Å². The fourth-order valence-corrected chi connectivity index (χ4v) is 4.05. The number of aromatic amines is 1. The molecule has 0 aliphatic heterocycles. The van der Waals surface area contributed by atoms with Crippen molar-refractivity contribution in [1.29, 1.82) is 0 Å². The fourth-order valence-electron chi connectivity index (χ4n) is 3.87. The number of aliphatic hydroxyl groups is 1. The van der Waals surface area contributed by atoms with Crippen molar-refractivity contribution >= 4 is 23.0 Å². The monoisotopic (exact) mass is 482 g/mol. The summed E-state index contributed by atoms with van der Waals surface area (Å²) in [7, 11) is 0. The zero-order valence-electron chi connectivity index (χ0n) is 19.1. The van der Waals surface area contributed by atoms with Gasteiger partial charge in [0.15, 0.2) is 5.69 Å². The van der Waals surface area contributed by atoms with Crippen LogP contribution < -0.4 is 10.9 Å². The van der Waals surface area contributed by atoms with Gasteiger partial charge in [0.2, 0.25) is 0 Å². The van der Waals surface area contributed by atoms with Crippen molar-refractivity contribution in [3.63, 3.8) is 0 Å². The van der Waals surface area contributed by atoms with Gasteiger partial charge >= 0.3 is 0 Å². The maximum Gasteiger partial charge on any atom is 0.274 e. The van der Waals surface area contributed by atoms with Gasteiger partial charge in [-0.05, 0) is 57.0 Å². The molecule has 0 saturated carbocycles. The third-order valence-corrected chi connectivity index (χ3v) is 6.15. The van der Waals surface area contributed by atoms with Crippen LogP contribution in [0.15, 0.2) is 53.5 Å². The Morgan fingerprint density at radius 1 is 1.21 bits per heavy atom. The van der Waals surface area contributed by atoms with E-state index in [2.05, 4.69) is 15.4 Å². The Morgan fingerprint density at radius 2 is 1.88 bits per heavy atom. The van der Waals surface area contributed by atoms with E-state index in [1.165, 1.54) is 28.8 Å². The van der Waals surface area contributed by atoms with Gasteiger partial charge in [0, 0.05) is 16.1 Å². The molecule has 0 spiro atoms. The third-order valence-electron chi connectivity index (χ3n) is 5.75. The van der Waals surface area contributed by atoms with Crippen LogP contribution in [0.5, 0.6) is 0 Å². The summed E-state index contributed by atoms with van der Waals surface area (Å²) < 4.78 is 14.7. The maximum absolute atomic E-state index is 13.4. The predicted molar refractivity (Wildman–Crippen MR) is 129 cm³/mol. The topological polar surface area (TPSA) is 99.5 Å². The van der Waals surface area contributed by atoms with Crippen LogP contribution in [0.1, 0.15) is 47.1 Å². The summed E-state index contributed by atoms with van der Waals surface area (Å²) in [6.07, 6.45) is 1.62. The Hall–Kier alpha value is -3.49. The highest BCUT2D eigenvalue weighted by molar-refractivity contribution is 6.31. The molecule has 1 amide bonds. The van der Waals surface area contributed by atoms with Crippen LogP contribution in [-0.4, -0.2) is 31.2 Å². The Kier molecular flexibility index (Phi) is 6.05. The van der Waals surface area contributed by atoms with Gasteiger partial charge < -0.3 is 15.4 Å². The van der Waals surface area contributed by atoms with Crippen LogP contribution in [0.25, 0.3) is 16.8 Å². The molecule has 0 radical (unpaired) electrons. The summed E-state index contributed by atoms with van der Waals surface area (Å²) in [4.78, 5) is 28.9. The minimum atomic E-state index is -1.35. The second-order valence-electron chi connectivity index (χ2n) is 8.84. The molecular formula is C25H24ClFN4O3. The molecule has 2 heterocycles. The van der Waals surface area contributed by atoms with Crippen LogP contribution >= 0.6 is 11.6 Å². The van der Waals surface area contributed by atoms with Crippen LogP contribution in [0.3, 0.4) is 0 Å². The number of nitrogens with one attached hydrogen (secondary N) is 2. The summed E-state index contributed by atoms with van der Waals surface area (Å²) in [6.45, 7) is 6.60. The molecule has 4 rings (SSSR count). The van der Waals surface area contributed by atoms with Gasteiger partial charge in [0.25, 0.3) is 11.5 Å². The normalized spacial score (nSPS) is 12.7. The second kappa shape index (κ2) is 8.70. The number of hydrogen-bond donors (Lipinski definition) is 3. The summed E-state index contributed by atoms with van der Waals surface area (Å²) in [5.74, 6) is -0.998. The van der Waals surface area contributed by atoms with Gasteiger partial charge in [0.05, 0.1) is 23.5 Å². The van der Waals surface area contributed by atoms with Gasteiger partial charge in [-0.15, -0.1) is 0 Å². The SMILES string of the molecule is Cc1ccc(-c2cn3nc(C(=O)NC(c4ccc(F)cc4)C(C)(C)O)c(C)c3c(=O)[nH]2)cc1Cl. The lowest BCUT2D eigenvalue weighted by atomic mass is 9.91. The lowest BCUT2D eigenvalue weighted by molar-refractivity contribution is 0.0342. The molecule has 2 aromatic carbocycles. The van der Waals surface area contributed by atoms with E-state index < -0.39 is 28.9 Å². The summed E-state index contributed by atoms with van der Waals surface area (Å²) in [5.41, 5.74) is 1.54. The summed E-state index contributed by atoms with van der Waals surface area (Å²) in [5, 5.41) is 18.3. The lowest BCUT2D eigenvalue weighted by Crippen LogP contribution is -2.42. The Labute approximate surface area is 200 Å². The van der Waals surface area contributed by atoms with Crippen LogP contribution in [-0.2, 0) is 0 Å². The first kappa shape index (κ1) is 23.7. The Morgan fingerprint density at radius 3 is 2.50 bits per heavy atom. The first-order valence-electron chi connectivity index (χ1n) is 10.6. The predicted octanol–water partition coefficient (Wildman–Crippen LogP) is 4.34. The Balaban J connectivity index is 1.73. The number of carbonyl (C=O) groups excluding carboxylic acids is 1. The van der Waals surface area contributed by atoms with E-state index in [0.29, 0.717) is 27.4 Å². The van der Waals surface area contributed by atoms with Gasteiger partial charge in [0.1, 0.15) is 11.3 Å². The zero-order chi connectivity index (χ0) is 24.8. The zero-order valence-corrected chi connectivity index (χ0v) is 19.9. The maximum atomic E-state index is 13.4. The number of rotatable bonds is 5. The minimum Gasteiger partial charge on any atom is -0.388 e. The lowest BCUT2D eigenvalue weighted by Gasteiger charge is -2.30. The molecule has 0 bridgehead atoms. The largest absolute Gasteiger partial charge is 0.388 e. The smallest absolute Gasteiger partial charge is 0.274 e. The molecule has 9 heteroatoms. The number of carbonyl (C=O) groups is 1. The minimum absolute atomic E-state index is 0.0425. The van der Waals surface area contributed by atoms with Crippen LogP contribution in [0, 0.1) is 19.7 Å². The number of halogens is 2. The second-order valence-corrected chi connectivity index (χ2v) is 9.25. The first-order chi connectivity index (χ1) is 16.0. The first-order valence-corrected chi connectivity index (χ1v) is 11.0. The van der Waals surface area contributed by atoms with Crippen molar-refractivity contribution in [2.24, 2.45) is 0 Å². The number of H-pyrrole nitrogens is 1. The number of nitrogens with zero attached hydrogens (tertiary/aromatic N) is 2. The molecule has 0 aliphatic rings. The van der Waals surface area contributed by atoms with Crippen LogP contribution in [0.2, 0.25) is 5.02 Å². The highest BCUT2D eigenvalue weighted by Gasteiger charge is 2.31. The molecular weight excluding hydrogens is 459 g/mol. The van der Waals surface area contributed by atoms with E-state index in [9.17, 15) is 19.1 Å². The van der Waals surface area contributed by atoms with Gasteiger partial charge in [-0.2, -0.15) is 5.10 Å². The average molecular weight is 483 g/mol. The van der Waals surface area contributed by atoms with Crippen LogP contribution in [0.4, 0.5) is 4.39 Å². The number of aromatic nitrogens is 3. The van der Waals surface area contributed by atoms with E-state index in [1.54, 1.807) is 33.0 Å². The van der Waals surface area contributed by atoms with Crippen molar-refractivity contribution < 1.29 is 14.3 Å². The average Bonchev–Trinajstić information content (AvgIpc) is 3.11. The Bertz CT molecular complexity index is 1450. The third kappa shape index (κ3) is 4.47. The molecule has 3 N–H and O–H groups in total. The number of hydrogen-bond acceptors (Lipinski definition) is 4. The molecule has 1 atom stereocenters. The molecule has 0 aliphatic carbocycles. The van der Waals surface area contributed by atoms with E-state index >= 15 is 0 Å². The summed E-state index contributed by atoms with van der Waals surface area (Å²) >= 11 is 6.23. The van der Waals surface area contributed by atoms with E-state index in [0.717, 1.165) is 5.56 Å². The van der Waals surface area contributed by atoms with E-state index in [4.69, 9.17) is 11.6 Å². The van der Waals surface area contributed by atoms with Gasteiger partial charge in [-0.3, -0.25) is 9.59 Å². The van der Waals surface area contributed by atoms with E-state index in [1.807, 2.05) is 19.1 Å². The van der Waals surface area contributed by atoms with Crippen molar-refractivity contribution in [3.05, 3.63) is 92.2 Å².